The van der Waals surface area contributed by atoms with E-state index in [9.17, 15) is 4.79 Å². The number of hydrogen-bond acceptors (Lipinski definition) is 4. The van der Waals surface area contributed by atoms with E-state index in [0.717, 1.165) is 50.3 Å². The van der Waals surface area contributed by atoms with E-state index in [4.69, 9.17) is 5.73 Å². The average Bonchev–Trinajstić information content (AvgIpc) is 2.84. The molecule has 2 aliphatic heterocycles. The van der Waals surface area contributed by atoms with Gasteiger partial charge in [0.2, 0.25) is 5.91 Å². The second-order valence-electron chi connectivity index (χ2n) is 8.75. The number of nitrogens with zero attached hydrogens (tertiary/aromatic N) is 2. The summed E-state index contributed by atoms with van der Waals surface area (Å²) in [6.45, 7) is 5.02. The van der Waals surface area contributed by atoms with Gasteiger partial charge in [0.15, 0.2) is 0 Å². The van der Waals surface area contributed by atoms with Crippen LogP contribution in [0.5, 0.6) is 0 Å². The SMILES string of the molecule is Nc1cccc(C2NC(=O)C(CCN3CCN(c4ccccc4)CC3)c3ccccc32)c1. The Morgan fingerprint density at radius 3 is 2.31 bits per heavy atom. The summed E-state index contributed by atoms with van der Waals surface area (Å²) in [4.78, 5) is 18.1. The number of carbonyl (C=O) groups is 1. The maximum Gasteiger partial charge on any atom is 0.228 e. The number of piperazine rings is 1. The predicted octanol–water partition coefficient (Wildman–Crippen LogP) is 3.78. The minimum atomic E-state index is -0.145. The van der Waals surface area contributed by atoms with E-state index in [2.05, 4.69) is 63.6 Å². The molecule has 3 aromatic rings. The first-order valence-corrected chi connectivity index (χ1v) is 11.5. The maximum atomic E-state index is 13.2. The summed E-state index contributed by atoms with van der Waals surface area (Å²) in [5.74, 6) is -0.00490. The lowest BCUT2D eigenvalue weighted by Crippen LogP contribution is -2.47. The van der Waals surface area contributed by atoms with Gasteiger partial charge >= 0.3 is 0 Å². The second kappa shape index (κ2) is 9.05. The van der Waals surface area contributed by atoms with Crippen LogP contribution >= 0.6 is 0 Å². The highest BCUT2D eigenvalue weighted by atomic mass is 16.2. The molecule has 0 saturated carbocycles. The summed E-state index contributed by atoms with van der Waals surface area (Å²) in [6, 6.07) is 26.6. The standard InChI is InChI=1S/C27H30N4O/c28-21-8-6-7-20(19-21)26-24-12-5-4-11-23(24)25(27(32)29-26)13-14-30-15-17-31(18-16-30)22-9-2-1-3-10-22/h1-12,19,25-26H,13-18,28H2,(H,29,32). The van der Waals surface area contributed by atoms with Crippen LogP contribution in [0.3, 0.4) is 0 Å². The molecule has 0 aromatic heterocycles. The minimum Gasteiger partial charge on any atom is -0.399 e. The number of para-hydroxylation sites is 1. The van der Waals surface area contributed by atoms with Crippen LogP contribution in [-0.2, 0) is 4.79 Å². The van der Waals surface area contributed by atoms with Crippen molar-refractivity contribution in [2.24, 2.45) is 0 Å². The Morgan fingerprint density at radius 2 is 1.56 bits per heavy atom. The minimum absolute atomic E-state index is 0.110. The largest absolute Gasteiger partial charge is 0.399 e. The van der Waals surface area contributed by atoms with Crippen LogP contribution in [0.15, 0.2) is 78.9 Å². The number of fused-ring (bicyclic) bond motifs is 1. The number of nitrogen functional groups attached to an aromatic ring is 1. The van der Waals surface area contributed by atoms with Crippen LogP contribution in [0.1, 0.15) is 35.1 Å². The van der Waals surface area contributed by atoms with Crippen LogP contribution in [0.25, 0.3) is 0 Å². The number of nitrogens with two attached hydrogens (primary N) is 1. The zero-order chi connectivity index (χ0) is 21.9. The predicted molar refractivity (Wildman–Crippen MR) is 130 cm³/mol. The Balaban J connectivity index is 1.26. The zero-order valence-corrected chi connectivity index (χ0v) is 18.3. The van der Waals surface area contributed by atoms with Gasteiger partial charge in [0.25, 0.3) is 0 Å². The van der Waals surface area contributed by atoms with Crippen molar-refractivity contribution in [3.63, 3.8) is 0 Å². The Hall–Kier alpha value is -3.31. The van der Waals surface area contributed by atoms with Gasteiger partial charge in [0.05, 0.1) is 12.0 Å². The summed E-state index contributed by atoms with van der Waals surface area (Å²) < 4.78 is 0. The zero-order valence-electron chi connectivity index (χ0n) is 18.3. The summed E-state index contributed by atoms with van der Waals surface area (Å²) in [7, 11) is 0. The molecule has 1 saturated heterocycles. The molecule has 0 spiro atoms. The Bertz CT molecular complexity index is 1080. The summed E-state index contributed by atoms with van der Waals surface area (Å²) in [5.41, 5.74) is 11.4. The third-order valence-electron chi connectivity index (χ3n) is 6.76. The second-order valence-corrected chi connectivity index (χ2v) is 8.75. The van der Waals surface area contributed by atoms with E-state index >= 15 is 0 Å². The lowest BCUT2D eigenvalue weighted by Gasteiger charge is -2.37. The van der Waals surface area contributed by atoms with E-state index in [1.165, 1.54) is 11.3 Å². The number of amides is 1. The van der Waals surface area contributed by atoms with E-state index in [1.807, 2.05) is 30.3 Å². The smallest absolute Gasteiger partial charge is 0.228 e. The van der Waals surface area contributed by atoms with Crippen molar-refractivity contribution in [1.82, 2.24) is 10.2 Å². The monoisotopic (exact) mass is 426 g/mol. The molecular formula is C27H30N4O. The lowest BCUT2D eigenvalue weighted by molar-refractivity contribution is -0.124. The molecule has 2 aliphatic rings. The van der Waals surface area contributed by atoms with Gasteiger partial charge in [-0.05, 0) is 53.9 Å². The first-order chi connectivity index (χ1) is 15.7. The van der Waals surface area contributed by atoms with E-state index in [1.54, 1.807) is 0 Å². The Kier molecular flexibility index (Phi) is 5.82. The van der Waals surface area contributed by atoms with E-state index in [0.29, 0.717) is 5.69 Å². The molecule has 32 heavy (non-hydrogen) atoms. The molecule has 0 radical (unpaired) electrons. The van der Waals surface area contributed by atoms with Gasteiger partial charge in [-0.2, -0.15) is 0 Å². The fraction of sp³-hybridized carbons (Fsp3) is 0.296. The molecule has 3 aromatic carbocycles. The van der Waals surface area contributed by atoms with Crippen LogP contribution in [-0.4, -0.2) is 43.5 Å². The molecule has 0 bridgehead atoms. The van der Waals surface area contributed by atoms with Crippen molar-refractivity contribution >= 4 is 17.3 Å². The van der Waals surface area contributed by atoms with Crippen LogP contribution in [0.2, 0.25) is 0 Å². The van der Waals surface area contributed by atoms with Gasteiger partial charge in [-0.15, -0.1) is 0 Å². The van der Waals surface area contributed by atoms with Gasteiger partial charge in [-0.1, -0.05) is 54.6 Å². The fourth-order valence-corrected chi connectivity index (χ4v) is 5.02. The number of anilines is 2. The molecule has 2 atom stereocenters. The number of carbonyl (C=O) groups excluding carboxylic acids is 1. The fourth-order valence-electron chi connectivity index (χ4n) is 5.02. The number of rotatable bonds is 5. The molecular weight excluding hydrogens is 396 g/mol. The van der Waals surface area contributed by atoms with Crippen molar-refractivity contribution in [3.8, 4) is 0 Å². The summed E-state index contributed by atoms with van der Waals surface area (Å²) in [6.07, 6.45) is 0.831. The maximum absolute atomic E-state index is 13.2. The van der Waals surface area contributed by atoms with Crippen molar-refractivity contribution in [2.75, 3.05) is 43.4 Å². The highest BCUT2D eigenvalue weighted by Gasteiger charge is 2.34. The quantitative estimate of drug-likeness (QED) is 0.610. The molecule has 5 heteroatoms. The highest BCUT2D eigenvalue weighted by Crippen LogP contribution is 2.36. The summed E-state index contributed by atoms with van der Waals surface area (Å²) >= 11 is 0. The molecule has 5 rings (SSSR count). The Labute approximate surface area is 189 Å². The van der Waals surface area contributed by atoms with E-state index < -0.39 is 0 Å². The molecule has 2 heterocycles. The van der Waals surface area contributed by atoms with Gasteiger partial charge < -0.3 is 16.0 Å². The van der Waals surface area contributed by atoms with Crippen molar-refractivity contribution in [2.45, 2.75) is 18.4 Å². The van der Waals surface area contributed by atoms with Crippen LogP contribution in [0, 0.1) is 0 Å². The third kappa shape index (κ3) is 4.21. The number of nitrogens with one attached hydrogen (secondary N) is 1. The molecule has 3 N–H and O–H groups in total. The van der Waals surface area contributed by atoms with E-state index in [-0.39, 0.29) is 17.9 Å². The molecule has 0 aliphatic carbocycles. The van der Waals surface area contributed by atoms with Crippen LogP contribution < -0.4 is 16.0 Å². The van der Waals surface area contributed by atoms with Crippen molar-refractivity contribution in [1.29, 1.82) is 0 Å². The van der Waals surface area contributed by atoms with Gasteiger partial charge in [-0.25, -0.2) is 0 Å². The summed E-state index contributed by atoms with van der Waals surface area (Å²) in [5, 5.41) is 3.26. The number of hydrogen-bond donors (Lipinski definition) is 2. The first-order valence-electron chi connectivity index (χ1n) is 11.5. The Morgan fingerprint density at radius 1 is 0.844 bits per heavy atom. The lowest BCUT2D eigenvalue weighted by atomic mass is 9.82. The van der Waals surface area contributed by atoms with Gasteiger partial charge in [-0.3, -0.25) is 9.69 Å². The molecule has 5 nitrogen and oxygen atoms in total. The van der Waals surface area contributed by atoms with Crippen molar-refractivity contribution in [3.05, 3.63) is 95.6 Å². The highest BCUT2D eigenvalue weighted by molar-refractivity contribution is 5.87. The van der Waals surface area contributed by atoms with Crippen molar-refractivity contribution < 1.29 is 4.79 Å². The topological polar surface area (TPSA) is 61.6 Å². The first kappa shape index (κ1) is 20.6. The van der Waals surface area contributed by atoms with Gasteiger partial charge in [0.1, 0.15) is 0 Å². The number of benzene rings is 3. The average molecular weight is 427 g/mol. The molecule has 1 amide bonds. The normalized spacial score (nSPS) is 21.1. The molecule has 2 unspecified atom stereocenters. The van der Waals surface area contributed by atoms with Crippen LogP contribution in [0.4, 0.5) is 11.4 Å². The third-order valence-corrected chi connectivity index (χ3v) is 6.76. The molecule has 1 fully saturated rings. The van der Waals surface area contributed by atoms with Gasteiger partial charge in [0, 0.05) is 37.6 Å². The molecule has 164 valence electrons.